The van der Waals surface area contributed by atoms with Gasteiger partial charge in [0.05, 0.1) is 0 Å². The predicted octanol–water partition coefficient (Wildman–Crippen LogP) is 2.10. The lowest BCUT2D eigenvalue weighted by Gasteiger charge is -2.39. The van der Waals surface area contributed by atoms with Gasteiger partial charge in [-0.25, -0.2) is 0 Å². The fourth-order valence-corrected chi connectivity index (χ4v) is 3.26. The summed E-state index contributed by atoms with van der Waals surface area (Å²) in [7, 11) is 0. The van der Waals surface area contributed by atoms with Gasteiger partial charge in [0.25, 0.3) is 0 Å². The minimum atomic E-state index is 0.438. The molecule has 2 N–H and O–H groups in total. The van der Waals surface area contributed by atoms with E-state index in [2.05, 4.69) is 41.0 Å². The topological polar surface area (TPSA) is 24.1 Å². The first-order valence-electron chi connectivity index (χ1n) is 6.89. The average molecular weight is 230 g/mol. The SMILES string of the molecule is c1ccc(CC2CNC3(CCCC3)CN2)cc1. The molecule has 1 saturated heterocycles. The highest BCUT2D eigenvalue weighted by molar-refractivity contribution is 5.16. The van der Waals surface area contributed by atoms with Crippen LogP contribution in [0, 0.1) is 0 Å². The third-order valence-corrected chi connectivity index (χ3v) is 4.34. The molecule has 0 radical (unpaired) electrons. The average Bonchev–Trinajstić information content (AvgIpc) is 2.83. The highest BCUT2D eigenvalue weighted by Gasteiger charge is 2.36. The second kappa shape index (κ2) is 4.79. The molecule has 2 aliphatic rings. The summed E-state index contributed by atoms with van der Waals surface area (Å²) in [5.41, 5.74) is 1.88. The standard InChI is InChI=1S/C15H22N2/c1-2-6-13(7-3-1)10-14-11-17-15(12-16-14)8-4-5-9-15/h1-3,6-7,14,16-17H,4-5,8-12H2. The van der Waals surface area contributed by atoms with Gasteiger partial charge in [-0.3, -0.25) is 0 Å². The van der Waals surface area contributed by atoms with Gasteiger partial charge in [-0.15, -0.1) is 0 Å². The summed E-state index contributed by atoms with van der Waals surface area (Å²) in [5.74, 6) is 0. The van der Waals surface area contributed by atoms with Gasteiger partial charge < -0.3 is 10.6 Å². The Morgan fingerprint density at radius 1 is 1.12 bits per heavy atom. The molecule has 0 bridgehead atoms. The molecule has 1 atom stereocenters. The molecule has 1 spiro atoms. The van der Waals surface area contributed by atoms with E-state index >= 15 is 0 Å². The van der Waals surface area contributed by atoms with E-state index in [1.807, 2.05) is 0 Å². The zero-order valence-corrected chi connectivity index (χ0v) is 10.4. The van der Waals surface area contributed by atoms with Crippen LogP contribution in [0.3, 0.4) is 0 Å². The Bertz CT molecular complexity index is 344. The Kier molecular flexibility index (Phi) is 3.17. The molecule has 92 valence electrons. The van der Waals surface area contributed by atoms with Gasteiger partial charge in [0.15, 0.2) is 0 Å². The van der Waals surface area contributed by atoms with E-state index in [-0.39, 0.29) is 0 Å². The van der Waals surface area contributed by atoms with Gasteiger partial charge in [-0.05, 0) is 24.8 Å². The van der Waals surface area contributed by atoms with Crippen LogP contribution in [0.15, 0.2) is 30.3 Å². The Morgan fingerprint density at radius 2 is 1.88 bits per heavy atom. The molecule has 1 aliphatic carbocycles. The maximum Gasteiger partial charge on any atom is 0.0307 e. The van der Waals surface area contributed by atoms with E-state index in [0.717, 1.165) is 19.5 Å². The van der Waals surface area contributed by atoms with Crippen LogP contribution in [-0.4, -0.2) is 24.7 Å². The summed E-state index contributed by atoms with van der Waals surface area (Å²) in [6.45, 7) is 2.28. The number of hydrogen-bond donors (Lipinski definition) is 2. The molecule has 1 aliphatic heterocycles. The minimum absolute atomic E-state index is 0.438. The van der Waals surface area contributed by atoms with Crippen LogP contribution in [0.5, 0.6) is 0 Å². The van der Waals surface area contributed by atoms with Crippen LogP contribution in [-0.2, 0) is 6.42 Å². The molecule has 1 saturated carbocycles. The molecule has 2 fully saturated rings. The lowest BCUT2D eigenvalue weighted by Crippen LogP contribution is -2.62. The van der Waals surface area contributed by atoms with E-state index in [1.165, 1.54) is 31.2 Å². The molecule has 0 aromatic heterocycles. The van der Waals surface area contributed by atoms with Crippen molar-refractivity contribution in [3.8, 4) is 0 Å². The first-order chi connectivity index (χ1) is 8.36. The molecular formula is C15H22N2. The van der Waals surface area contributed by atoms with E-state index in [0.29, 0.717) is 11.6 Å². The zero-order valence-electron chi connectivity index (χ0n) is 10.4. The Balaban J connectivity index is 1.55. The summed E-state index contributed by atoms with van der Waals surface area (Å²) < 4.78 is 0. The lowest BCUT2D eigenvalue weighted by atomic mass is 9.92. The van der Waals surface area contributed by atoms with Crippen molar-refractivity contribution in [2.75, 3.05) is 13.1 Å². The molecule has 1 aromatic rings. The van der Waals surface area contributed by atoms with Crippen molar-refractivity contribution in [3.63, 3.8) is 0 Å². The quantitative estimate of drug-likeness (QED) is 0.813. The lowest BCUT2D eigenvalue weighted by molar-refractivity contribution is 0.237. The van der Waals surface area contributed by atoms with Gasteiger partial charge in [0.1, 0.15) is 0 Å². The van der Waals surface area contributed by atoms with Gasteiger partial charge in [0.2, 0.25) is 0 Å². The molecule has 1 unspecified atom stereocenters. The zero-order chi connectivity index (χ0) is 11.6. The molecule has 1 heterocycles. The summed E-state index contributed by atoms with van der Waals surface area (Å²) in [6.07, 6.45) is 6.66. The van der Waals surface area contributed by atoms with Crippen LogP contribution in [0.2, 0.25) is 0 Å². The number of hydrogen-bond acceptors (Lipinski definition) is 2. The highest BCUT2D eigenvalue weighted by atomic mass is 15.1. The Labute approximate surface area is 104 Å². The van der Waals surface area contributed by atoms with Crippen molar-refractivity contribution in [3.05, 3.63) is 35.9 Å². The molecule has 0 amide bonds. The molecule has 17 heavy (non-hydrogen) atoms. The second-order valence-electron chi connectivity index (χ2n) is 5.64. The van der Waals surface area contributed by atoms with Crippen LogP contribution in [0.4, 0.5) is 0 Å². The minimum Gasteiger partial charge on any atom is -0.311 e. The van der Waals surface area contributed by atoms with E-state index in [9.17, 15) is 0 Å². The van der Waals surface area contributed by atoms with Crippen LogP contribution in [0.25, 0.3) is 0 Å². The highest BCUT2D eigenvalue weighted by Crippen LogP contribution is 2.30. The summed E-state index contributed by atoms with van der Waals surface area (Å²) in [6, 6.07) is 11.4. The summed E-state index contributed by atoms with van der Waals surface area (Å²) in [4.78, 5) is 0. The first-order valence-corrected chi connectivity index (χ1v) is 6.89. The van der Waals surface area contributed by atoms with Crippen molar-refractivity contribution in [1.82, 2.24) is 10.6 Å². The second-order valence-corrected chi connectivity index (χ2v) is 5.64. The maximum absolute atomic E-state index is 3.80. The number of benzene rings is 1. The first kappa shape index (κ1) is 11.2. The third-order valence-electron chi connectivity index (χ3n) is 4.34. The number of rotatable bonds is 2. The molecule has 2 heteroatoms. The maximum atomic E-state index is 3.80. The van der Waals surface area contributed by atoms with E-state index < -0.39 is 0 Å². The fourth-order valence-electron chi connectivity index (χ4n) is 3.26. The van der Waals surface area contributed by atoms with Crippen molar-refractivity contribution >= 4 is 0 Å². The van der Waals surface area contributed by atoms with Crippen molar-refractivity contribution in [2.24, 2.45) is 0 Å². The van der Waals surface area contributed by atoms with Crippen molar-refractivity contribution < 1.29 is 0 Å². The largest absolute Gasteiger partial charge is 0.311 e. The van der Waals surface area contributed by atoms with Crippen molar-refractivity contribution in [1.29, 1.82) is 0 Å². The predicted molar refractivity (Wildman–Crippen MR) is 71.1 cm³/mol. The van der Waals surface area contributed by atoms with E-state index in [4.69, 9.17) is 0 Å². The van der Waals surface area contributed by atoms with Gasteiger partial charge in [-0.2, -0.15) is 0 Å². The van der Waals surface area contributed by atoms with Gasteiger partial charge >= 0.3 is 0 Å². The monoisotopic (exact) mass is 230 g/mol. The van der Waals surface area contributed by atoms with Crippen LogP contribution >= 0.6 is 0 Å². The van der Waals surface area contributed by atoms with Crippen LogP contribution < -0.4 is 10.6 Å². The molecule has 2 nitrogen and oxygen atoms in total. The number of nitrogens with one attached hydrogen (secondary N) is 2. The normalized spacial score (nSPS) is 27.4. The van der Waals surface area contributed by atoms with Crippen molar-refractivity contribution in [2.45, 2.75) is 43.7 Å². The van der Waals surface area contributed by atoms with Gasteiger partial charge in [-0.1, -0.05) is 43.2 Å². The molecular weight excluding hydrogens is 208 g/mol. The molecule has 1 aromatic carbocycles. The Morgan fingerprint density at radius 3 is 2.53 bits per heavy atom. The molecule has 3 rings (SSSR count). The Hall–Kier alpha value is -0.860. The fraction of sp³-hybridized carbons (Fsp3) is 0.600. The van der Waals surface area contributed by atoms with Gasteiger partial charge in [0, 0.05) is 24.7 Å². The third kappa shape index (κ3) is 2.53. The van der Waals surface area contributed by atoms with E-state index in [1.54, 1.807) is 0 Å². The summed E-state index contributed by atoms with van der Waals surface area (Å²) in [5, 5.41) is 7.54. The smallest absolute Gasteiger partial charge is 0.0307 e. The van der Waals surface area contributed by atoms with Crippen LogP contribution in [0.1, 0.15) is 31.2 Å². The summed E-state index contributed by atoms with van der Waals surface area (Å²) >= 11 is 0. The number of piperazine rings is 1.